The topological polar surface area (TPSA) is 32.3 Å². The van der Waals surface area contributed by atoms with E-state index < -0.39 is 0 Å². The summed E-state index contributed by atoms with van der Waals surface area (Å²) in [5.74, 6) is -0.132. The van der Waals surface area contributed by atoms with E-state index in [-0.39, 0.29) is 17.1 Å². The number of amides is 1. The van der Waals surface area contributed by atoms with Crippen molar-refractivity contribution in [3.05, 3.63) is 52.8 Å². The molecule has 28 heavy (non-hydrogen) atoms. The molecule has 1 aliphatic heterocycles. The number of fused-ring (bicyclic) bond motifs is 1. The zero-order chi connectivity index (χ0) is 20.5. The second-order valence-electron chi connectivity index (χ2n) is 9.12. The van der Waals surface area contributed by atoms with Crippen LogP contribution < -0.4 is 10.2 Å². The van der Waals surface area contributed by atoms with Crippen molar-refractivity contribution in [1.82, 2.24) is 0 Å². The van der Waals surface area contributed by atoms with Crippen LogP contribution in [0.5, 0.6) is 0 Å². The van der Waals surface area contributed by atoms with Gasteiger partial charge in [0.05, 0.1) is 0 Å². The molecule has 2 aromatic carbocycles. The third-order valence-electron chi connectivity index (χ3n) is 5.19. The van der Waals surface area contributed by atoms with Gasteiger partial charge in [-0.15, -0.1) is 0 Å². The maximum absolute atomic E-state index is 13.7. The van der Waals surface area contributed by atoms with Crippen molar-refractivity contribution in [2.45, 2.75) is 60.3 Å². The van der Waals surface area contributed by atoms with Crippen molar-refractivity contribution in [3.8, 4) is 0 Å². The van der Waals surface area contributed by atoms with E-state index in [0.717, 1.165) is 59.6 Å². The Morgan fingerprint density at radius 2 is 1.79 bits per heavy atom. The molecule has 3 nitrogen and oxygen atoms in total. The van der Waals surface area contributed by atoms with Gasteiger partial charge in [-0.2, -0.15) is 0 Å². The fourth-order valence-corrected chi connectivity index (χ4v) is 3.95. The molecule has 1 heterocycles. The Balaban J connectivity index is 1.92. The quantitative estimate of drug-likeness (QED) is 0.676. The lowest BCUT2D eigenvalue weighted by atomic mass is 9.92. The van der Waals surface area contributed by atoms with Crippen LogP contribution in [0.4, 0.5) is 21.5 Å². The minimum Gasteiger partial charge on any atom is -0.341 e. The van der Waals surface area contributed by atoms with Gasteiger partial charge < -0.3 is 10.2 Å². The van der Waals surface area contributed by atoms with Crippen LogP contribution in [0.15, 0.2) is 30.3 Å². The van der Waals surface area contributed by atoms with Gasteiger partial charge in [0.25, 0.3) is 0 Å². The Labute approximate surface area is 167 Å². The maximum atomic E-state index is 13.7. The van der Waals surface area contributed by atoms with Crippen LogP contribution in [0.1, 0.15) is 56.7 Å². The molecule has 0 spiro atoms. The Bertz CT molecular complexity index is 860. The van der Waals surface area contributed by atoms with E-state index in [9.17, 15) is 9.18 Å². The average Bonchev–Trinajstić information content (AvgIpc) is 2.78. The largest absolute Gasteiger partial charge is 0.341 e. The first-order valence-corrected chi connectivity index (χ1v) is 10.1. The summed E-state index contributed by atoms with van der Waals surface area (Å²) in [4.78, 5) is 14.7. The van der Waals surface area contributed by atoms with Crippen LogP contribution in [-0.2, 0) is 11.2 Å². The molecule has 0 atom stereocenters. The average molecular weight is 383 g/mol. The van der Waals surface area contributed by atoms with Crippen molar-refractivity contribution in [2.24, 2.45) is 5.41 Å². The molecule has 1 aliphatic rings. The number of carbonyl (C=O) groups excluding carboxylic acids is 1. The van der Waals surface area contributed by atoms with Crippen molar-refractivity contribution >= 4 is 23.0 Å². The molecule has 0 fully saturated rings. The van der Waals surface area contributed by atoms with Crippen LogP contribution in [0, 0.1) is 25.1 Å². The second kappa shape index (κ2) is 7.94. The van der Waals surface area contributed by atoms with E-state index in [2.05, 4.69) is 43.1 Å². The van der Waals surface area contributed by atoms with Gasteiger partial charge in [0.1, 0.15) is 5.82 Å². The zero-order valence-electron chi connectivity index (χ0n) is 17.7. The number of carbonyl (C=O) groups is 1. The van der Waals surface area contributed by atoms with E-state index >= 15 is 0 Å². The lowest BCUT2D eigenvalue weighted by Crippen LogP contribution is -2.21. The highest BCUT2D eigenvalue weighted by molar-refractivity contribution is 5.93. The monoisotopic (exact) mass is 382 g/mol. The number of rotatable bonds is 3. The third-order valence-corrected chi connectivity index (χ3v) is 5.19. The molecule has 1 N–H and O–H groups in total. The van der Waals surface area contributed by atoms with E-state index in [0.29, 0.717) is 6.42 Å². The smallest absolute Gasteiger partial charge is 0.224 e. The number of anilines is 3. The Morgan fingerprint density at radius 1 is 1.11 bits per heavy atom. The van der Waals surface area contributed by atoms with Gasteiger partial charge >= 0.3 is 0 Å². The first kappa shape index (κ1) is 20.4. The molecule has 0 aliphatic carbocycles. The summed E-state index contributed by atoms with van der Waals surface area (Å²) >= 11 is 0. The highest BCUT2D eigenvalue weighted by atomic mass is 19.1. The molecule has 1 amide bonds. The van der Waals surface area contributed by atoms with Crippen LogP contribution in [0.3, 0.4) is 0 Å². The fraction of sp³-hybridized carbons (Fsp3) is 0.458. The number of benzene rings is 2. The molecule has 0 saturated heterocycles. The van der Waals surface area contributed by atoms with E-state index in [1.165, 1.54) is 6.07 Å². The van der Waals surface area contributed by atoms with Crippen molar-refractivity contribution in [1.29, 1.82) is 0 Å². The molecule has 4 heteroatoms. The summed E-state index contributed by atoms with van der Waals surface area (Å²) < 4.78 is 13.7. The number of hydrogen-bond donors (Lipinski definition) is 1. The standard InChI is InChI=1S/C24H31FN2O/c1-16-12-20(13-17(2)23(16)26-22(28)15-24(3,4)5)27-11-7-6-8-18-14-19(25)9-10-21(18)27/h9-10,12-14H,6-8,11,15H2,1-5H3,(H,26,28). The fourth-order valence-electron chi connectivity index (χ4n) is 3.95. The normalized spacial score (nSPS) is 14.4. The second-order valence-corrected chi connectivity index (χ2v) is 9.12. The summed E-state index contributed by atoms with van der Waals surface area (Å²) in [7, 11) is 0. The van der Waals surface area contributed by atoms with Crippen LogP contribution in [0.2, 0.25) is 0 Å². The zero-order valence-corrected chi connectivity index (χ0v) is 17.7. The van der Waals surface area contributed by atoms with Gasteiger partial charge in [0, 0.05) is 30.0 Å². The molecule has 0 saturated carbocycles. The van der Waals surface area contributed by atoms with Crippen molar-refractivity contribution in [2.75, 3.05) is 16.8 Å². The predicted octanol–water partition coefficient (Wildman–Crippen LogP) is 6.29. The lowest BCUT2D eigenvalue weighted by Gasteiger charge is -2.27. The summed E-state index contributed by atoms with van der Waals surface area (Å²) in [5, 5.41) is 3.10. The minimum absolute atomic E-state index is 0.0436. The summed E-state index contributed by atoms with van der Waals surface area (Å²) in [6.07, 6.45) is 3.52. The number of aryl methyl sites for hydroxylation is 3. The molecular weight excluding hydrogens is 351 g/mol. The Kier molecular flexibility index (Phi) is 5.78. The first-order chi connectivity index (χ1) is 13.1. The highest BCUT2D eigenvalue weighted by Crippen LogP contribution is 2.36. The molecule has 0 aromatic heterocycles. The molecule has 3 rings (SSSR count). The first-order valence-electron chi connectivity index (χ1n) is 10.1. The van der Waals surface area contributed by atoms with E-state index in [1.807, 2.05) is 19.9 Å². The summed E-state index contributed by atoms with van der Waals surface area (Å²) in [5.41, 5.74) is 6.19. The third kappa shape index (κ3) is 4.73. The summed E-state index contributed by atoms with van der Waals surface area (Å²) in [6.45, 7) is 11.2. The molecule has 0 bridgehead atoms. The van der Waals surface area contributed by atoms with Crippen molar-refractivity contribution in [3.63, 3.8) is 0 Å². The van der Waals surface area contributed by atoms with Gasteiger partial charge in [0.15, 0.2) is 0 Å². The van der Waals surface area contributed by atoms with Gasteiger partial charge in [0.2, 0.25) is 5.91 Å². The molecule has 150 valence electrons. The van der Waals surface area contributed by atoms with Gasteiger partial charge in [-0.25, -0.2) is 4.39 Å². The van der Waals surface area contributed by atoms with E-state index in [1.54, 1.807) is 6.07 Å². The van der Waals surface area contributed by atoms with Gasteiger partial charge in [-0.1, -0.05) is 20.8 Å². The maximum Gasteiger partial charge on any atom is 0.224 e. The Morgan fingerprint density at radius 3 is 2.43 bits per heavy atom. The van der Waals surface area contributed by atoms with Gasteiger partial charge in [-0.05, 0) is 85.5 Å². The van der Waals surface area contributed by atoms with Crippen molar-refractivity contribution < 1.29 is 9.18 Å². The van der Waals surface area contributed by atoms with Crippen LogP contribution in [-0.4, -0.2) is 12.5 Å². The number of nitrogens with one attached hydrogen (secondary N) is 1. The number of nitrogens with zero attached hydrogens (tertiary/aromatic N) is 1. The number of halogens is 1. The van der Waals surface area contributed by atoms with E-state index in [4.69, 9.17) is 0 Å². The minimum atomic E-state index is -0.176. The molecule has 0 unspecified atom stereocenters. The van der Waals surface area contributed by atoms with Crippen LogP contribution in [0.25, 0.3) is 0 Å². The lowest BCUT2D eigenvalue weighted by molar-refractivity contribution is -0.117. The predicted molar refractivity (Wildman–Crippen MR) is 115 cm³/mol. The summed E-state index contributed by atoms with van der Waals surface area (Å²) in [6, 6.07) is 9.34. The van der Waals surface area contributed by atoms with Gasteiger partial charge in [-0.3, -0.25) is 4.79 Å². The highest BCUT2D eigenvalue weighted by Gasteiger charge is 2.20. The molecule has 0 radical (unpaired) electrons. The van der Waals surface area contributed by atoms with Crippen LogP contribution >= 0.6 is 0 Å². The number of hydrogen-bond acceptors (Lipinski definition) is 2. The molecular formula is C24H31FN2O. The Hall–Kier alpha value is -2.36. The SMILES string of the molecule is Cc1cc(N2CCCCc3cc(F)ccc32)cc(C)c1NC(=O)CC(C)(C)C. The molecule has 2 aromatic rings.